The molecule has 454 valence electrons. The monoisotopic (exact) mass is 1110 g/mol. The predicted octanol–water partition coefficient (Wildman–Crippen LogP) is 22.7. The van der Waals surface area contributed by atoms with Crippen molar-refractivity contribution in [1.29, 1.82) is 0 Å². The average molecular weight is 1120 g/mol. The summed E-state index contributed by atoms with van der Waals surface area (Å²) >= 11 is 0. The van der Waals surface area contributed by atoms with Crippen molar-refractivity contribution in [2.24, 2.45) is 0 Å². The minimum absolute atomic E-state index is 0.111. The van der Waals surface area contributed by atoms with E-state index in [1.807, 2.05) is 0 Å². The Labute approximate surface area is 498 Å². The summed E-state index contributed by atoms with van der Waals surface area (Å²) in [5.74, 6) is -0.976. The van der Waals surface area contributed by atoms with Crippen LogP contribution in [-0.2, 0) is 28.6 Å². The van der Waals surface area contributed by atoms with Gasteiger partial charge in [-0.3, -0.25) is 14.4 Å². The smallest absolute Gasteiger partial charge is 0.306 e. The highest BCUT2D eigenvalue weighted by molar-refractivity contribution is 5.71. The van der Waals surface area contributed by atoms with Crippen molar-refractivity contribution in [2.75, 3.05) is 13.2 Å². The molecule has 0 saturated carbocycles. The van der Waals surface area contributed by atoms with Gasteiger partial charge in [0, 0.05) is 19.3 Å². The molecule has 0 spiro atoms. The topological polar surface area (TPSA) is 78.9 Å². The Morgan fingerprint density at radius 3 is 0.778 bits per heavy atom. The van der Waals surface area contributed by atoms with Gasteiger partial charge in [0.2, 0.25) is 0 Å². The van der Waals surface area contributed by atoms with Crippen molar-refractivity contribution in [1.82, 2.24) is 0 Å². The Kier molecular flexibility index (Phi) is 62.9. The number of carbonyl (C=O) groups is 3. The largest absolute Gasteiger partial charge is 0.462 e. The van der Waals surface area contributed by atoms with E-state index in [0.29, 0.717) is 19.3 Å². The SMILES string of the molecule is CC/C=C\C/C=C\C/C=C\C/C=C\C/C=C\C/C=C\C/C=C\C/C=C\C/C=C\C/C=C\CCCCCCC(=O)OCC(COC(=O)CCCCC/C=C\C/C=C\C/C=C\CC)OC(=O)CCCCCCC/C=C\CCCCCCCC. The molecular formula is C75H118O6. The molecule has 1 atom stereocenters. The molecule has 6 nitrogen and oxygen atoms in total. The lowest BCUT2D eigenvalue weighted by Crippen LogP contribution is -2.30. The fourth-order valence-corrected chi connectivity index (χ4v) is 8.36. The van der Waals surface area contributed by atoms with E-state index >= 15 is 0 Å². The third-order valence-electron chi connectivity index (χ3n) is 13.2. The van der Waals surface area contributed by atoms with Crippen LogP contribution in [0.2, 0.25) is 0 Å². The third kappa shape index (κ3) is 65.5. The molecule has 0 aliphatic heterocycles. The maximum atomic E-state index is 12.9. The van der Waals surface area contributed by atoms with Crippen molar-refractivity contribution in [3.8, 4) is 0 Å². The van der Waals surface area contributed by atoms with Gasteiger partial charge in [-0.25, -0.2) is 0 Å². The number of rotatable bonds is 57. The third-order valence-corrected chi connectivity index (χ3v) is 13.2. The number of allylic oxidation sites excluding steroid dienone is 28. The molecule has 0 N–H and O–H groups in total. The van der Waals surface area contributed by atoms with Crippen LogP contribution in [0.15, 0.2) is 170 Å². The van der Waals surface area contributed by atoms with Crippen molar-refractivity contribution in [3.05, 3.63) is 170 Å². The van der Waals surface area contributed by atoms with Crippen LogP contribution in [0.3, 0.4) is 0 Å². The van der Waals surface area contributed by atoms with Crippen LogP contribution in [-0.4, -0.2) is 37.2 Å². The second kappa shape index (κ2) is 67.3. The van der Waals surface area contributed by atoms with Gasteiger partial charge >= 0.3 is 17.9 Å². The molecule has 0 fully saturated rings. The van der Waals surface area contributed by atoms with Gasteiger partial charge in [-0.15, -0.1) is 0 Å². The van der Waals surface area contributed by atoms with E-state index in [1.165, 1.54) is 51.4 Å². The van der Waals surface area contributed by atoms with E-state index in [4.69, 9.17) is 14.2 Å². The number of hydrogen-bond acceptors (Lipinski definition) is 6. The fourth-order valence-electron chi connectivity index (χ4n) is 8.36. The molecule has 0 heterocycles. The van der Waals surface area contributed by atoms with Gasteiger partial charge in [0.05, 0.1) is 0 Å². The second-order valence-corrected chi connectivity index (χ2v) is 20.9. The van der Waals surface area contributed by atoms with Gasteiger partial charge in [0.15, 0.2) is 6.10 Å². The quantitative estimate of drug-likeness (QED) is 0.0261. The van der Waals surface area contributed by atoms with Crippen LogP contribution in [0.1, 0.15) is 265 Å². The minimum atomic E-state index is -0.813. The molecule has 0 aromatic heterocycles. The molecule has 0 saturated heterocycles. The van der Waals surface area contributed by atoms with E-state index < -0.39 is 6.10 Å². The first-order chi connectivity index (χ1) is 40.0. The fraction of sp³-hybridized carbons (Fsp3) is 0.587. The van der Waals surface area contributed by atoms with E-state index in [0.717, 1.165) is 173 Å². The van der Waals surface area contributed by atoms with Gasteiger partial charge in [0.25, 0.3) is 0 Å². The van der Waals surface area contributed by atoms with Gasteiger partial charge in [-0.05, 0) is 154 Å². The van der Waals surface area contributed by atoms with Crippen LogP contribution in [0.5, 0.6) is 0 Å². The van der Waals surface area contributed by atoms with Gasteiger partial charge in [0.1, 0.15) is 13.2 Å². The first kappa shape index (κ1) is 75.8. The lowest BCUT2D eigenvalue weighted by molar-refractivity contribution is -0.167. The maximum Gasteiger partial charge on any atom is 0.306 e. The number of unbranched alkanes of at least 4 members (excludes halogenated alkanes) is 18. The molecule has 0 aromatic rings. The molecule has 6 heteroatoms. The molecule has 1 unspecified atom stereocenters. The van der Waals surface area contributed by atoms with Gasteiger partial charge < -0.3 is 14.2 Å². The van der Waals surface area contributed by atoms with Gasteiger partial charge in [-0.2, -0.15) is 0 Å². The maximum absolute atomic E-state index is 12.9. The number of esters is 3. The molecule has 0 aliphatic rings. The Hall–Kier alpha value is -5.23. The minimum Gasteiger partial charge on any atom is -0.462 e. The Balaban J connectivity index is 4.35. The molecule has 0 bridgehead atoms. The summed E-state index contributed by atoms with van der Waals surface area (Å²) in [6, 6.07) is 0. The Morgan fingerprint density at radius 2 is 0.481 bits per heavy atom. The van der Waals surface area contributed by atoms with Crippen molar-refractivity contribution in [2.45, 2.75) is 271 Å². The molecule has 0 rings (SSSR count). The van der Waals surface area contributed by atoms with Crippen molar-refractivity contribution >= 4 is 17.9 Å². The molecule has 81 heavy (non-hydrogen) atoms. The average Bonchev–Trinajstić information content (AvgIpc) is 3.46. The zero-order valence-corrected chi connectivity index (χ0v) is 52.0. The number of ether oxygens (including phenoxy) is 3. The molecule has 0 radical (unpaired) electrons. The zero-order chi connectivity index (χ0) is 58.5. The van der Waals surface area contributed by atoms with E-state index in [9.17, 15) is 14.4 Å². The van der Waals surface area contributed by atoms with Crippen LogP contribution in [0, 0.1) is 0 Å². The van der Waals surface area contributed by atoms with Crippen LogP contribution < -0.4 is 0 Å². The summed E-state index contributed by atoms with van der Waals surface area (Å²) < 4.78 is 16.8. The van der Waals surface area contributed by atoms with Crippen molar-refractivity contribution < 1.29 is 28.6 Å². The summed E-state index contributed by atoms with van der Waals surface area (Å²) in [5.41, 5.74) is 0. The number of carbonyl (C=O) groups excluding carboxylic acids is 3. The van der Waals surface area contributed by atoms with E-state index in [1.54, 1.807) is 0 Å². The highest BCUT2D eigenvalue weighted by Gasteiger charge is 2.19. The summed E-state index contributed by atoms with van der Waals surface area (Å²) in [6.07, 6.45) is 99.4. The Morgan fingerprint density at radius 1 is 0.259 bits per heavy atom. The molecule has 0 aliphatic carbocycles. The highest BCUT2D eigenvalue weighted by Crippen LogP contribution is 2.13. The zero-order valence-electron chi connectivity index (χ0n) is 52.0. The van der Waals surface area contributed by atoms with Crippen LogP contribution >= 0.6 is 0 Å². The van der Waals surface area contributed by atoms with Crippen LogP contribution in [0.4, 0.5) is 0 Å². The highest BCUT2D eigenvalue weighted by atomic mass is 16.6. The van der Waals surface area contributed by atoms with Crippen LogP contribution in [0.25, 0.3) is 0 Å². The summed E-state index contributed by atoms with van der Waals surface area (Å²) in [5, 5.41) is 0. The molecular weight excluding hydrogens is 997 g/mol. The second-order valence-electron chi connectivity index (χ2n) is 20.9. The van der Waals surface area contributed by atoms with E-state index in [2.05, 4.69) is 191 Å². The molecule has 0 amide bonds. The summed E-state index contributed by atoms with van der Waals surface area (Å²) in [4.78, 5) is 38.2. The van der Waals surface area contributed by atoms with E-state index in [-0.39, 0.29) is 31.1 Å². The lowest BCUT2D eigenvalue weighted by atomic mass is 10.1. The first-order valence-corrected chi connectivity index (χ1v) is 32.6. The Bertz CT molecular complexity index is 1860. The predicted molar refractivity (Wildman–Crippen MR) is 352 cm³/mol. The van der Waals surface area contributed by atoms with Crippen molar-refractivity contribution in [3.63, 3.8) is 0 Å². The normalized spacial score (nSPS) is 13.3. The summed E-state index contributed by atoms with van der Waals surface area (Å²) in [7, 11) is 0. The summed E-state index contributed by atoms with van der Waals surface area (Å²) in [6.45, 7) is 6.34. The first-order valence-electron chi connectivity index (χ1n) is 32.6. The number of hydrogen-bond donors (Lipinski definition) is 0. The van der Waals surface area contributed by atoms with Gasteiger partial charge in [-0.1, -0.05) is 262 Å². The molecule has 0 aromatic carbocycles. The standard InChI is InChI=1S/C75H118O6/c1-4-7-10-13-16-19-22-25-27-28-29-30-31-32-33-34-35-36-37-38-39-40-41-42-43-44-45-46-48-50-53-56-59-62-65-68-74(77)80-71-72(70-79-73(76)67-64-61-58-55-52-49-24-21-18-15-12-9-6-3)81-75(78)69-66-63-60-57-54-51-47-26-23-20-17-14-11-8-5-2/h7,9-10,12,16,18-19,21,25-27,29-30,32-33,35-36,38-39,41-42,44-45,47-50,52,72H,4-6,8,11,13-15,17,20,22-24,28,31,34,37,40,43,46,51,53-71H2,1-3H3/b10-7-,12-9-,19-16-,21-18-,27-25-,30-29-,33-32-,36-35-,39-38-,42-41-,45-44-,47-26-,50-48-,52-49-. The lowest BCUT2D eigenvalue weighted by Gasteiger charge is -2.18.